The van der Waals surface area contributed by atoms with Gasteiger partial charge in [0.15, 0.2) is 0 Å². The van der Waals surface area contributed by atoms with E-state index in [0.717, 1.165) is 5.56 Å². The highest BCUT2D eigenvalue weighted by Gasteiger charge is 2.07. The van der Waals surface area contributed by atoms with E-state index >= 15 is 0 Å². The van der Waals surface area contributed by atoms with Crippen LogP contribution in [0.1, 0.15) is 24.2 Å². The quantitative estimate of drug-likeness (QED) is 0.779. The highest BCUT2D eigenvalue weighted by atomic mass is 35.5. The van der Waals surface area contributed by atoms with Crippen molar-refractivity contribution in [1.82, 2.24) is 14.7 Å². The highest BCUT2D eigenvalue weighted by Crippen LogP contribution is 2.16. The van der Waals surface area contributed by atoms with Crippen molar-refractivity contribution < 1.29 is 0 Å². The molecule has 118 valence electrons. The van der Waals surface area contributed by atoms with Crippen molar-refractivity contribution in [1.29, 1.82) is 0 Å². The first kappa shape index (κ1) is 16.0. The summed E-state index contributed by atoms with van der Waals surface area (Å²) in [5, 5.41) is 4.57. The van der Waals surface area contributed by atoms with Crippen LogP contribution in [0.3, 0.4) is 0 Å². The van der Waals surface area contributed by atoms with Crippen LogP contribution in [0.5, 0.6) is 0 Å². The largest absolute Gasteiger partial charge is 0.305 e. The molecule has 1 N–H and O–H groups in total. The third-order valence-electron chi connectivity index (χ3n) is 3.64. The number of fused-ring (bicyclic) bond motifs is 1. The van der Waals surface area contributed by atoms with Crippen LogP contribution >= 0.6 is 23.2 Å². The van der Waals surface area contributed by atoms with Gasteiger partial charge in [0.1, 0.15) is 5.65 Å². The minimum Gasteiger partial charge on any atom is -0.305 e. The van der Waals surface area contributed by atoms with Crippen LogP contribution < -0.4 is 10.9 Å². The van der Waals surface area contributed by atoms with Gasteiger partial charge in [-0.1, -0.05) is 35.3 Å². The first-order valence-electron chi connectivity index (χ1n) is 7.19. The third-order valence-corrected chi connectivity index (χ3v) is 4.11. The molecule has 0 amide bonds. The maximum atomic E-state index is 12.1. The van der Waals surface area contributed by atoms with Crippen LogP contribution in [0, 0.1) is 0 Å². The van der Waals surface area contributed by atoms with Gasteiger partial charge in [0.25, 0.3) is 5.56 Å². The summed E-state index contributed by atoms with van der Waals surface area (Å²) < 4.78 is 1.44. The molecule has 0 radical (unpaired) electrons. The maximum absolute atomic E-state index is 12.1. The lowest BCUT2D eigenvalue weighted by Crippen LogP contribution is -2.22. The van der Waals surface area contributed by atoms with E-state index in [9.17, 15) is 4.79 Å². The first-order valence-corrected chi connectivity index (χ1v) is 7.95. The standard InChI is InChI=1S/C17H15Cl2N3O/c1-11(12-2-4-13(18)5-3-12)20-9-15-8-17(23)22-10-14(19)6-7-16(22)21-15/h2-8,10-11,20H,9H2,1H3/t11-/m1/s1. The van der Waals surface area contributed by atoms with E-state index in [0.29, 0.717) is 27.9 Å². The Balaban J connectivity index is 1.78. The van der Waals surface area contributed by atoms with E-state index in [-0.39, 0.29) is 11.6 Å². The van der Waals surface area contributed by atoms with Gasteiger partial charge >= 0.3 is 0 Å². The van der Waals surface area contributed by atoms with E-state index in [4.69, 9.17) is 23.2 Å². The van der Waals surface area contributed by atoms with E-state index in [1.807, 2.05) is 24.3 Å². The lowest BCUT2D eigenvalue weighted by molar-refractivity contribution is 0.567. The van der Waals surface area contributed by atoms with Gasteiger partial charge in [-0.05, 0) is 36.8 Å². The average molecular weight is 348 g/mol. The predicted octanol–water partition coefficient (Wildman–Crippen LogP) is 3.85. The molecule has 0 aliphatic heterocycles. The topological polar surface area (TPSA) is 46.4 Å². The molecule has 0 aliphatic rings. The van der Waals surface area contributed by atoms with Crippen molar-refractivity contribution in [3.05, 3.63) is 80.3 Å². The Morgan fingerprint density at radius 1 is 1.13 bits per heavy atom. The molecule has 0 aliphatic carbocycles. The first-order chi connectivity index (χ1) is 11.0. The Hall–Kier alpha value is -1.88. The molecule has 1 atom stereocenters. The molecule has 0 bridgehead atoms. The summed E-state index contributed by atoms with van der Waals surface area (Å²) in [6.45, 7) is 2.55. The molecule has 2 heterocycles. The van der Waals surface area contributed by atoms with Gasteiger partial charge in [0.2, 0.25) is 0 Å². The lowest BCUT2D eigenvalue weighted by Gasteiger charge is -2.14. The van der Waals surface area contributed by atoms with Crippen molar-refractivity contribution in [3.8, 4) is 0 Å². The zero-order valence-corrected chi connectivity index (χ0v) is 14.0. The molecule has 1 aromatic carbocycles. The summed E-state index contributed by atoms with van der Waals surface area (Å²) in [4.78, 5) is 16.6. The molecular formula is C17H15Cl2N3O. The van der Waals surface area contributed by atoms with Crippen LogP contribution in [-0.4, -0.2) is 9.38 Å². The minimum absolute atomic E-state index is 0.123. The van der Waals surface area contributed by atoms with Crippen LogP contribution in [0.15, 0.2) is 53.5 Å². The van der Waals surface area contributed by atoms with Crippen molar-refractivity contribution in [2.45, 2.75) is 19.5 Å². The number of pyridine rings is 1. The van der Waals surface area contributed by atoms with Crippen LogP contribution in [0.2, 0.25) is 10.0 Å². The smallest absolute Gasteiger partial charge is 0.258 e. The van der Waals surface area contributed by atoms with Gasteiger partial charge in [-0.15, -0.1) is 0 Å². The Labute approximate surface area is 143 Å². The van der Waals surface area contributed by atoms with Crippen LogP contribution in [0.4, 0.5) is 0 Å². The molecule has 6 heteroatoms. The SMILES string of the molecule is C[C@@H](NCc1cc(=O)n2cc(Cl)ccc2n1)c1ccc(Cl)cc1. The van der Waals surface area contributed by atoms with Crippen molar-refractivity contribution in [2.75, 3.05) is 0 Å². The van der Waals surface area contributed by atoms with Gasteiger partial charge in [-0.2, -0.15) is 0 Å². The summed E-state index contributed by atoms with van der Waals surface area (Å²) in [6, 6.07) is 12.8. The lowest BCUT2D eigenvalue weighted by atomic mass is 10.1. The number of nitrogens with one attached hydrogen (secondary N) is 1. The Morgan fingerprint density at radius 3 is 2.57 bits per heavy atom. The summed E-state index contributed by atoms with van der Waals surface area (Å²) in [5.41, 5.74) is 2.25. The van der Waals surface area contributed by atoms with Crippen molar-refractivity contribution >= 4 is 28.8 Å². The van der Waals surface area contributed by atoms with Gasteiger partial charge in [0, 0.05) is 29.9 Å². The van der Waals surface area contributed by atoms with Crippen LogP contribution in [0.25, 0.3) is 5.65 Å². The molecule has 2 aromatic heterocycles. The molecule has 4 nitrogen and oxygen atoms in total. The number of halogens is 2. The summed E-state index contributed by atoms with van der Waals surface area (Å²) in [5.74, 6) is 0. The second-order valence-electron chi connectivity index (χ2n) is 5.32. The molecular weight excluding hydrogens is 333 g/mol. The number of hydrogen-bond acceptors (Lipinski definition) is 3. The Bertz CT molecular complexity index is 890. The molecule has 0 spiro atoms. The second-order valence-corrected chi connectivity index (χ2v) is 6.19. The average Bonchev–Trinajstić information content (AvgIpc) is 2.54. The molecule has 0 fully saturated rings. The normalized spacial score (nSPS) is 12.5. The van der Waals surface area contributed by atoms with E-state index in [1.54, 1.807) is 18.3 Å². The molecule has 0 saturated carbocycles. The summed E-state index contributed by atoms with van der Waals surface area (Å²) >= 11 is 11.8. The number of hydrogen-bond donors (Lipinski definition) is 1. The number of rotatable bonds is 4. The van der Waals surface area contributed by atoms with Crippen molar-refractivity contribution in [3.63, 3.8) is 0 Å². The van der Waals surface area contributed by atoms with E-state index in [2.05, 4.69) is 17.2 Å². The monoisotopic (exact) mass is 347 g/mol. The van der Waals surface area contributed by atoms with Gasteiger partial charge in [0.05, 0.1) is 10.7 Å². The van der Waals surface area contributed by atoms with Gasteiger partial charge in [-0.25, -0.2) is 4.98 Å². The van der Waals surface area contributed by atoms with Gasteiger partial charge < -0.3 is 5.32 Å². The third kappa shape index (κ3) is 3.72. The number of aromatic nitrogens is 2. The zero-order valence-electron chi connectivity index (χ0n) is 12.5. The molecule has 3 rings (SSSR count). The maximum Gasteiger partial charge on any atom is 0.258 e. The van der Waals surface area contributed by atoms with Gasteiger partial charge in [-0.3, -0.25) is 9.20 Å². The van der Waals surface area contributed by atoms with E-state index < -0.39 is 0 Å². The fourth-order valence-electron chi connectivity index (χ4n) is 2.34. The zero-order chi connectivity index (χ0) is 16.4. The van der Waals surface area contributed by atoms with Crippen molar-refractivity contribution in [2.24, 2.45) is 0 Å². The molecule has 0 unspecified atom stereocenters. The molecule has 23 heavy (non-hydrogen) atoms. The number of benzene rings is 1. The Morgan fingerprint density at radius 2 is 1.83 bits per heavy atom. The predicted molar refractivity (Wildman–Crippen MR) is 93.2 cm³/mol. The Kier molecular flexibility index (Phi) is 4.66. The summed E-state index contributed by atoms with van der Waals surface area (Å²) in [7, 11) is 0. The molecule has 0 saturated heterocycles. The van der Waals surface area contributed by atoms with E-state index in [1.165, 1.54) is 10.5 Å². The number of nitrogens with zero attached hydrogens (tertiary/aromatic N) is 2. The minimum atomic E-state index is -0.145. The fourth-order valence-corrected chi connectivity index (χ4v) is 2.63. The fraction of sp³-hybridized carbons (Fsp3) is 0.176. The summed E-state index contributed by atoms with van der Waals surface area (Å²) in [6.07, 6.45) is 1.57. The molecule has 3 aromatic rings. The van der Waals surface area contributed by atoms with Crippen LogP contribution in [-0.2, 0) is 6.54 Å². The highest BCUT2D eigenvalue weighted by molar-refractivity contribution is 6.30. The second kappa shape index (κ2) is 6.71.